The van der Waals surface area contributed by atoms with Crippen molar-refractivity contribution in [2.24, 2.45) is 5.73 Å². The summed E-state index contributed by atoms with van der Waals surface area (Å²) in [5, 5.41) is 16.3. The van der Waals surface area contributed by atoms with E-state index >= 15 is 0 Å². The molecule has 0 rings (SSSR count). The van der Waals surface area contributed by atoms with Crippen LogP contribution in [0, 0.1) is 0 Å². The molecule has 0 saturated carbocycles. The van der Waals surface area contributed by atoms with E-state index in [-0.39, 0.29) is 12.8 Å². The fourth-order valence-electron chi connectivity index (χ4n) is 0.402. The van der Waals surface area contributed by atoms with Crippen LogP contribution in [0.5, 0.6) is 0 Å². The molecule has 7 nitrogen and oxygen atoms in total. The molecule has 0 radical (unpaired) electrons. The summed E-state index contributed by atoms with van der Waals surface area (Å²) in [6.07, 6.45) is 0.345. The average Bonchev–Trinajstić information content (AvgIpc) is 2.14. The summed E-state index contributed by atoms with van der Waals surface area (Å²) in [7, 11) is 0. The van der Waals surface area contributed by atoms with E-state index in [0.717, 1.165) is 0 Å². The van der Waals surface area contributed by atoms with E-state index in [1.807, 2.05) is 0 Å². The van der Waals surface area contributed by atoms with Gasteiger partial charge in [-0.3, -0.25) is 9.59 Å². The molecule has 0 aromatic heterocycles. The maximum atomic E-state index is 9.99. The zero-order chi connectivity index (χ0) is 11.6. The summed E-state index contributed by atoms with van der Waals surface area (Å²) in [6.45, 7) is 0. The summed E-state index contributed by atoms with van der Waals surface area (Å²) in [4.78, 5) is 28.9. The quantitative estimate of drug-likeness (QED) is 0.433. The van der Waals surface area contributed by atoms with Gasteiger partial charge < -0.3 is 15.9 Å². The molecule has 8 heteroatoms. The number of amides is 1. The van der Waals surface area contributed by atoms with Gasteiger partial charge in [0.25, 0.3) is 0 Å². The third-order valence-electron chi connectivity index (χ3n) is 1.03. The Kier molecular flexibility index (Phi) is 11.0. The number of hydrogen-bond acceptors (Lipinski definition) is 4. The van der Waals surface area contributed by atoms with Gasteiger partial charge in [-0.1, -0.05) is 0 Å². The van der Waals surface area contributed by atoms with Crippen LogP contribution in [0.2, 0.25) is 0 Å². The van der Waals surface area contributed by atoms with Crippen molar-refractivity contribution >= 4 is 18.3 Å². The Morgan fingerprint density at radius 2 is 1.93 bits per heavy atom. The number of rotatable bonds is 5. The molecule has 0 saturated heterocycles. The Bertz CT molecular complexity index is 199. The second kappa shape index (κ2) is 9.99. The van der Waals surface area contributed by atoms with Crippen LogP contribution in [0.1, 0.15) is 12.8 Å². The Morgan fingerprint density at radius 1 is 1.50 bits per heavy atom. The molecule has 0 unspecified atom stereocenters. The van der Waals surface area contributed by atoms with E-state index in [9.17, 15) is 9.59 Å². The first-order valence-corrected chi connectivity index (χ1v) is 4.11. The minimum absolute atomic E-state index is 0.0231. The molecule has 0 heterocycles. The van der Waals surface area contributed by atoms with Crippen molar-refractivity contribution in [2.75, 3.05) is 0 Å². The molecule has 0 fully saturated rings. The zero-order valence-corrected chi connectivity index (χ0v) is 8.45. The molecular formula is C6H11CrN2O5. The fraction of sp³-hybridized carbons (Fsp3) is 0.500. The number of carbonyl (C=O) groups is 3. The summed E-state index contributed by atoms with van der Waals surface area (Å²) < 4.78 is 2.12. The van der Waals surface area contributed by atoms with E-state index in [1.54, 1.807) is 0 Å². The van der Waals surface area contributed by atoms with Gasteiger partial charge in [0.1, 0.15) is 6.04 Å². The molecule has 0 aliphatic rings. The molecule has 0 aliphatic heterocycles. The van der Waals surface area contributed by atoms with E-state index in [2.05, 4.69) is 20.8 Å². The molecule has 0 aromatic carbocycles. The van der Waals surface area contributed by atoms with Gasteiger partial charge in [0.2, 0.25) is 0 Å². The first-order valence-electron chi connectivity index (χ1n) is 3.47. The second-order valence-electron chi connectivity index (χ2n) is 2.11. The Morgan fingerprint density at radius 3 is 2.14 bits per heavy atom. The normalized spacial score (nSPS) is 10.4. The molecule has 5 N–H and O–H groups in total. The Hall–Kier alpha value is -1.10. The second-order valence-corrected chi connectivity index (χ2v) is 2.48. The molecule has 1 amide bonds. The van der Waals surface area contributed by atoms with Gasteiger partial charge in [0.15, 0.2) is 0 Å². The summed E-state index contributed by atoms with van der Waals surface area (Å²) >= 11 is 2.27. The number of carboxylic acid groups (broad SMARTS) is 2. The Labute approximate surface area is 88.9 Å². The van der Waals surface area contributed by atoms with Gasteiger partial charge in [-0.15, -0.1) is 0 Å². The van der Waals surface area contributed by atoms with Crippen molar-refractivity contribution in [3.63, 3.8) is 0 Å². The van der Waals surface area contributed by atoms with Crippen LogP contribution in [0.4, 0.5) is 0 Å². The van der Waals surface area contributed by atoms with E-state index < -0.39 is 18.0 Å². The van der Waals surface area contributed by atoms with E-state index in [1.165, 1.54) is 0 Å². The standard InChI is InChI=1S/C5H9NO4.CH3NO.Cr/c6-3(5(9)10)1-2-4(7)8;2-1-3;/h3H,1-2,6H2,(H,7,8)(H,9,10);1H,(H2,2,3);/q;;+1/p-1/t3-;;/m0../s1. The van der Waals surface area contributed by atoms with Gasteiger partial charge >= 0.3 is 44.0 Å². The van der Waals surface area contributed by atoms with Gasteiger partial charge in [-0.05, 0) is 6.42 Å². The van der Waals surface area contributed by atoms with Crippen LogP contribution in [0.15, 0.2) is 0 Å². The Balaban J connectivity index is 0. The van der Waals surface area contributed by atoms with E-state index in [0.29, 0.717) is 6.41 Å². The van der Waals surface area contributed by atoms with Crippen LogP contribution in [0.3, 0.4) is 0 Å². The number of carbonyl (C=O) groups excluding carboxylic acids is 1. The van der Waals surface area contributed by atoms with Crippen LogP contribution in [-0.2, 0) is 30.9 Å². The summed E-state index contributed by atoms with van der Waals surface area (Å²) in [5.41, 5.74) is 5.00. The topological polar surface area (TPSA) is 130 Å². The first kappa shape index (κ1) is 15.4. The number of hydrogen-bond donors (Lipinski definition) is 4. The molecule has 0 aliphatic carbocycles. The maximum absolute atomic E-state index is 9.99. The number of nitrogens with two attached hydrogens (primary N) is 1. The van der Waals surface area contributed by atoms with Gasteiger partial charge in [-0.25, -0.2) is 0 Å². The van der Waals surface area contributed by atoms with Crippen molar-refractivity contribution in [2.45, 2.75) is 18.9 Å². The average molecular weight is 243 g/mol. The monoisotopic (exact) mass is 243 g/mol. The molecule has 0 spiro atoms. The molecule has 14 heavy (non-hydrogen) atoms. The van der Waals surface area contributed by atoms with Crippen molar-refractivity contribution < 1.29 is 41.1 Å². The van der Waals surface area contributed by atoms with Gasteiger partial charge in [-0.2, -0.15) is 0 Å². The molecule has 1 atom stereocenters. The number of nitrogens with one attached hydrogen (secondary N) is 1. The molecule has 0 aromatic rings. The van der Waals surface area contributed by atoms with Crippen molar-refractivity contribution in [3.05, 3.63) is 0 Å². The first-order chi connectivity index (χ1) is 6.45. The zero-order valence-electron chi connectivity index (χ0n) is 7.17. The SMILES string of the molecule is N[C@@H](CCC(=O)O)C(=O)O.O=C[NH][Cr]. The number of carboxylic acids is 2. The minimum atomic E-state index is -1.17. The van der Waals surface area contributed by atoms with Crippen molar-refractivity contribution in [3.8, 4) is 0 Å². The molecular weight excluding hydrogens is 232 g/mol. The molecule has 81 valence electrons. The van der Waals surface area contributed by atoms with Crippen molar-refractivity contribution in [1.82, 2.24) is 4.30 Å². The summed E-state index contributed by atoms with van der Waals surface area (Å²) in [5.74, 6) is -2.20. The van der Waals surface area contributed by atoms with E-state index in [4.69, 9.17) is 20.7 Å². The summed E-state index contributed by atoms with van der Waals surface area (Å²) in [6, 6.07) is -1.06. The van der Waals surface area contributed by atoms with Crippen LogP contribution in [-0.4, -0.2) is 34.6 Å². The van der Waals surface area contributed by atoms with Crippen LogP contribution >= 0.6 is 0 Å². The predicted molar refractivity (Wildman–Crippen MR) is 41.7 cm³/mol. The van der Waals surface area contributed by atoms with Crippen molar-refractivity contribution in [1.29, 1.82) is 0 Å². The molecule has 0 bridgehead atoms. The van der Waals surface area contributed by atoms with Gasteiger partial charge in [0, 0.05) is 6.42 Å². The number of aliphatic carboxylic acids is 2. The van der Waals surface area contributed by atoms with Gasteiger partial charge in [0.05, 0.1) is 0 Å². The van der Waals surface area contributed by atoms with Crippen LogP contribution in [0.25, 0.3) is 0 Å². The third-order valence-corrected chi connectivity index (χ3v) is 1.18. The predicted octanol–water partition coefficient (Wildman–Crippen LogP) is -1.54. The third kappa shape index (κ3) is 13.5. The fourth-order valence-corrected chi connectivity index (χ4v) is 0.402. The van der Waals surface area contributed by atoms with Crippen LogP contribution < -0.4 is 10.0 Å².